The summed E-state index contributed by atoms with van der Waals surface area (Å²) in [5.41, 5.74) is 7.98. The van der Waals surface area contributed by atoms with Gasteiger partial charge in [0.25, 0.3) is 0 Å². The summed E-state index contributed by atoms with van der Waals surface area (Å²) in [7, 11) is 2.06. The molecule has 1 N–H and O–H groups in total. The van der Waals surface area contributed by atoms with Crippen LogP contribution in [0.15, 0.2) is 30.3 Å². The van der Waals surface area contributed by atoms with Crippen molar-refractivity contribution in [2.75, 3.05) is 31.7 Å². The number of aryl methyl sites for hydroxylation is 2. The molecule has 2 aromatic carbocycles. The van der Waals surface area contributed by atoms with Crippen LogP contribution >= 0.6 is 0 Å². The van der Waals surface area contributed by atoms with Gasteiger partial charge in [-0.2, -0.15) is 0 Å². The molecule has 0 saturated heterocycles. The number of rotatable bonds is 5. The first-order valence-electron chi connectivity index (χ1n) is 9.40. The van der Waals surface area contributed by atoms with Crippen molar-refractivity contribution in [1.82, 2.24) is 0 Å². The Morgan fingerprint density at radius 2 is 2.04 bits per heavy atom. The number of aliphatic hydroxyl groups excluding tert-OH is 1. The molecule has 3 heteroatoms. The molecule has 1 aliphatic carbocycles. The van der Waals surface area contributed by atoms with E-state index >= 15 is 0 Å². The third-order valence-electron chi connectivity index (χ3n) is 5.45. The second kappa shape index (κ2) is 6.72. The number of hydrogen-bond acceptors (Lipinski definition) is 3. The molecule has 1 saturated carbocycles. The molecule has 0 bridgehead atoms. The Kier molecular flexibility index (Phi) is 4.43. The van der Waals surface area contributed by atoms with Crippen LogP contribution in [0.4, 0.5) is 5.69 Å². The van der Waals surface area contributed by atoms with Crippen molar-refractivity contribution in [3.05, 3.63) is 47.0 Å². The predicted molar refractivity (Wildman–Crippen MR) is 103 cm³/mol. The monoisotopic (exact) mass is 337 g/mol. The lowest BCUT2D eigenvalue weighted by Gasteiger charge is -2.24. The number of hydrogen-bond donors (Lipinski definition) is 1. The number of likely N-dealkylation sites (N-methyl/N-ethyl adjacent to an activating group) is 1. The van der Waals surface area contributed by atoms with Gasteiger partial charge in [0, 0.05) is 19.3 Å². The molecule has 1 heterocycles. The van der Waals surface area contributed by atoms with Crippen molar-refractivity contribution in [1.29, 1.82) is 0 Å². The minimum Gasteiger partial charge on any atom is -0.493 e. The van der Waals surface area contributed by atoms with Crippen molar-refractivity contribution < 1.29 is 9.84 Å². The summed E-state index contributed by atoms with van der Waals surface area (Å²) in [4.78, 5) is 2.16. The summed E-state index contributed by atoms with van der Waals surface area (Å²) in [6.07, 6.45) is 4.79. The Morgan fingerprint density at radius 3 is 2.80 bits per heavy atom. The smallest absolute Gasteiger partial charge is 0.122 e. The standard InChI is InChI=1S/C22H27NO2/c1-15-12-19(17-7-8-22-18(13-17)4-3-11-25-22)20(16-5-6-16)14-21(15)23(2)9-10-24/h7-8,12-14,16,24H,3-6,9-11H2,1-2H3. The summed E-state index contributed by atoms with van der Waals surface area (Å²) >= 11 is 0. The molecular weight excluding hydrogens is 310 g/mol. The summed E-state index contributed by atoms with van der Waals surface area (Å²) < 4.78 is 5.78. The topological polar surface area (TPSA) is 32.7 Å². The minimum atomic E-state index is 0.182. The second-order valence-corrected chi connectivity index (χ2v) is 7.42. The van der Waals surface area contributed by atoms with E-state index < -0.39 is 0 Å². The first-order valence-corrected chi connectivity index (χ1v) is 9.40. The van der Waals surface area contributed by atoms with Crippen molar-refractivity contribution >= 4 is 5.69 Å². The van der Waals surface area contributed by atoms with Gasteiger partial charge < -0.3 is 14.7 Å². The van der Waals surface area contributed by atoms with E-state index in [4.69, 9.17) is 4.74 Å². The lowest BCUT2D eigenvalue weighted by Crippen LogP contribution is -2.22. The van der Waals surface area contributed by atoms with Gasteiger partial charge >= 0.3 is 0 Å². The zero-order valence-electron chi connectivity index (χ0n) is 15.2. The number of nitrogens with zero attached hydrogens (tertiary/aromatic N) is 1. The van der Waals surface area contributed by atoms with Gasteiger partial charge in [-0.25, -0.2) is 0 Å². The Labute approximate surface area is 150 Å². The van der Waals surface area contributed by atoms with E-state index in [1.54, 1.807) is 0 Å². The number of fused-ring (bicyclic) bond motifs is 1. The number of ether oxygens (including phenoxy) is 1. The Hall–Kier alpha value is -2.00. The van der Waals surface area contributed by atoms with E-state index in [2.05, 4.69) is 49.2 Å². The molecule has 1 fully saturated rings. The van der Waals surface area contributed by atoms with Gasteiger partial charge in [0.15, 0.2) is 0 Å². The molecule has 2 aliphatic rings. The van der Waals surface area contributed by atoms with E-state index in [0.717, 1.165) is 25.2 Å². The molecule has 3 nitrogen and oxygen atoms in total. The molecule has 25 heavy (non-hydrogen) atoms. The van der Waals surface area contributed by atoms with Crippen LogP contribution in [0.3, 0.4) is 0 Å². The fraction of sp³-hybridized carbons (Fsp3) is 0.455. The van der Waals surface area contributed by atoms with Crippen LogP contribution in [0.2, 0.25) is 0 Å². The molecule has 0 atom stereocenters. The van der Waals surface area contributed by atoms with E-state index in [9.17, 15) is 5.11 Å². The van der Waals surface area contributed by atoms with Gasteiger partial charge in [-0.1, -0.05) is 6.07 Å². The number of anilines is 1. The highest BCUT2D eigenvalue weighted by Gasteiger charge is 2.28. The molecule has 1 aliphatic heterocycles. The Bertz CT molecular complexity index is 780. The summed E-state index contributed by atoms with van der Waals surface area (Å²) in [6, 6.07) is 11.4. The fourth-order valence-electron chi connectivity index (χ4n) is 3.90. The molecular formula is C22H27NO2. The molecule has 2 aromatic rings. The van der Waals surface area contributed by atoms with Crippen molar-refractivity contribution in [2.24, 2.45) is 0 Å². The van der Waals surface area contributed by atoms with Crippen LogP contribution < -0.4 is 9.64 Å². The Balaban J connectivity index is 1.77. The van der Waals surface area contributed by atoms with Crippen molar-refractivity contribution in [3.8, 4) is 16.9 Å². The zero-order chi connectivity index (χ0) is 17.4. The van der Waals surface area contributed by atoms with Gasteiger partial charge in [0.2, 0.25) is 0 Å². The number of benzene rings is 2. The van der Waals surface area contributed by atoms with E-state index in [-0.39, 0.29) is 6.61 Å². The van der Waals surface area contributed by atoms with Crippen LogP contribution in [0, 0.1) is 6.92 Å². The second-order valence-electron chi connectivity index (χ2n) is 7.42. The minimum absolute atomic E-state index is 0.182. The first kappa shape index (κ1) is 16.5. The van der Waals surface area contributed by atoms with E-state index in [1.807, 2.05) is 0 Å². The average Bonchev–Trinajstić information content (AvgIpc) is 3.46. The quantitative estimate of drug-likeness (QED) is 0.883. The van der Waals surface area contributed by atoms with E-state index in [1.165, 1.54) is 46.3 Å². The molecule has 0 radical (unpaired) electrons. The highest BCUT2D eigenvalue weighted by molar-refractivity contribution is 5.75. The van der Waals surface area contributed by atoms with Crippen molar-refractivity contribution in [3.63, 3.8) is 0 Å². The molecule has 0 spiro atoms. The van der Waals surface area contributed by atoms with Gasteiger partial charge in [0.1, 0.15) is 5.75 Å². The lowest BCUT2D eigenvalue weighted by molar-refractivity contribution is 0.288. The van der Waals surface area contributed by atoms with Crippen LogP contribution in [-0.2, 0) is 6.42 Å². The normalized spacial score (nSPS) is 16.3. The summed E-state index contributed by atoms with van der Waals surface area (Å²) in [5, 5.41) is 9.27. The summed E-state index contributed by atoms with van der Waals surface area (Å²) in [5.74, 6) is 1.74. The zero-order valence-corrected chi connectivity index (χ0v) is 15.2. The largest absolute Gasteiger partial charge is 0.493 e. The average molecular weight is 337 g/mol. The number of aliphatic hydroxyl groups is 1. The van der Waals surface area contributed by atoms with Crippen LogP contribution in [0.25, 0.3) is 11.1 Å². The van der Waals surface area contributed by atoms with Crippen LogP contribution in [0.5, 0.6) is 5.75 Å². The van der Waals surface area contributed by atoms with Gasteiger partial charge in [-0.15, -0.1) is 0 Å². The van der Waals surface area contributed by atoms with Crippen LogP contribution in [-0.4, -0.2) is 31.9 Å². The third kappa shape index (κ3) is 3.25. The lowest BCUT2D eigenvalue weighted by atomic mass is 9.91. The van der Waals surface area contributed by atoms with Crippen LogP contribution in [0.1, 0.15) is 41.9 Å². The first-order chi connectivity index (χ1) is 12.2. The van der Waals surface area contributed by atoms with Crippen molar-refractivity contribution in [2.45, 2.75) is 38.5 Å². The molecule has 4 rings (SSSR count). The molecule has 0 aromatic heterocycles. The molecule has 132 valence electrons. The highest BCUT2D eigenvalue weighted by Crippen LogP contribution is 2.47. The Morgan fingerprint density at radius 1 is 1.20 bits per heavy atom. The van der Waals surface area contributed by atoms with Gasteiger partial charge in [-0.3, -0.25) is 0 Å². The maximum absolute atomic E-state index is 9.27. The highest BCUT2D eigenvalue weighted by atomic mass is 16.5. The predicted octanol–water partition coefficient (Wildman–Crippen LogP) is 4.29. The van der Waals surface area contributed by atoms with E-state index in [0.29, 0.717) is 12.5 Å². The van der Waals surface area contributed by atoms with Gasteiger partial charge in [-0.05, 0) is 90.6 Å². The fourth-order valence-corrected chi connectivity index (χ4v) is 3.90. The molecule has 0 unspecified atom stereocenters. The maximum atomic E-state index is 9.27. The third-order valence-corrected chi connectivity index (χ3v) is 5.45. The summed E-state index contributed by atoms with van der Waals surface area (Å²) in [6.45, 7) is 3.86. The maximum Gasteiger partial charge on any atom is 0.122 e. The SMILES string of the molecule is Cc1cc(-c2ccc3c(c2)CCCO3)c(C2CC2)cc1N(C)CCO. The van der Waals surface area contributed by atoms with Gasteiger partial charge in [0.05, 0.1) is 13.2 Å². The molecule has 0 amide bonds.